The lowest BCUT2D eigenvalue weighted by molar-refractivity contribution is 0.312. The minimum atomic E-state index is -1.10. The minimum absolute atomic E-state index is 0.178. The van der Waals surface area contributed by atoms with Crippen molar-refractivity contribution in [2.24, 2.45) is 5.92 Å². The third-order valence-electron chi connectivity index (χ3n) is 7.04. The van der Waals surface area contributed by atoms with Gasteiger partial charge >= 0.3 is 0 Å². The van der Waals surface area contributed by atoms with E-state index in [0.29, 0.717) is 28.9 Å². The molecule has 1 saturated carbocycles. The maximum Gasteiger partial charge on any atom is 0.170 e. The normalized spacial score (nSPS) is 18.8. The van der Waals surface area contributed by atoms with E-state index in [0.717, 1.165) is 18.8 Å². The molecule has 0 saturated heterocycles. The van der Waals surface area contributed by atoms with Gasteiger partial charge in [0.15, 0.2) is 11.6 Å². The zero-order chi connectivity index (χ0) is 22.7. The van der Waals surface area contributed by atoms with Crippen LogP contribution < -0.4 is 0 Å². The Morgan fingerprint density at radius 2 is 1.62 bits per heavy atom. The highest BCUT2D eigenvalue weighted by Gasteiger charge is 2.23. The number of rotatable bonds is 7. The van der Waals surface area contributed by atoms with Crippen LogP contribution in [0.15, 0.2) is 55.1 Å². The molecule has 1 aliphatic rings. The van der Waals surface area contributed by atoms with Crippen LogP contribution in [0, 0.1) is 23.4 Å². The van der Waals surface area contributed by atoms with Crippen molar-refractivity contribution >= 4 is 10.8 Å². The number of benzene rings is 3. The van der Waals surface area contributed by atoms with Crippen LogP contribution in [-0.2, 0) is 6.42 Å². The predicted molar refractivity (Wildman–Crippen MR) is 127 cm³/mol. The molecule has 0 aromatic heterocycles. The molecule has 3 heteroatoms. The van der Waals surface area contributed by atoms with Crippen LogP contribution in [0.2, 0.25) is 0 Å². The van der Waals surface area contributed by atoms with Crippen molar-refractivity contribution in [3.8, 4) is 11.1 Å². The van der Waals surface area contributed by atoms with Crippen molar-refractivity contribution < 1.29 is 13.2 Å². The first-order valence-electron chi connectivity index (χ1n) is 11.8. The number of hydrogen-bond acceptors (Lipinski definition) is 0. The fraction of sp³-hybridized carbons (Fsp3) is 0.379. The second-order valence-electron chi connectivity index (χ2n) is 9.14. The van der Waals surface area contributed by atoms with Gasteiger partial charge in [0.2, 0.25) is 0 Å². The number of allylic oxidation sites excluding steroid dienone is 1. The maximum atomic E-state index is 15.0. The summed E-state index contributed by atoms with van der Waals surface area (Å²) in [6, 6.07) is 12.7. The number of fused-ring (bicyclic) bond motifs is 1. The third-order valence-corrected chi connectivity index (χ3v) is 7.04. The monoisotopic (exact) mass is 436 g/mol. The second-order valence-corrected chi connectivity index (χ2v) is 9.14. The van der Waals surface area contributed by atoms with Crippen LogP contribution in [0.5, 0.6) is 0 Å². The maximum absolute atomic E-state index is 15.0. The summed E-state index contributed by atoms with van der Waals surface area (Å²) < 4.78 is 44.6. The van der Waals surface area contributed by atoms with E-state index in [4.69, 9.17) is 0 Å². The number of halogens is 3. The van der Waals surface area contributed by atoms with Crippen molar-refractivity contribution in [2.45, 2.75) is 64.2 Å². The molecule has 0 N–H and O–H groups in total. The molecule has 0 aliphatic heterocycles. The summed E-state index contributed by atoms with van der Waals surface area (Å²) in [4.78, 5) is 0. The van der Waals surface area contributed by atoms with Crippen molar-refractivity contribution in [3.05, 3.63) is 83.7 Å². The van der Waals surface area contributed by atoms with Gasteiger partial charge in [-0.1, -0.05) is 55.8 Å². The van der Waals surface area contributed by atoms with Crippen LogP contribution in [0.4, 0.5) is 13.2 Å². The van der Waals surface area contributed by atoms with Gasteiger partial charge in [-0.2, -0.15) is 0 Å². The molecule has 0 amide bonds. The molecule has 168 valence electrons. The lowest BCUT2D eigenvalue weighted by Crippen LogP contribution is -2.13. The molecule has 0 unspecified atom stereocenters. The molecule has 0 atom stereocenters. The average Bonchev–Trinajstić information content (AvgIpc) is 2.82. The molecule has 0 spiro atoms. The Morgan fingerprint density at radius 3 is 2.28 bits per heavy atom. The highest BCUT2D eigenvalue weighted by atomic mass is 19.2. The largest absolute Gasteiger partial charge is 0.206 e. The Hall–Kier alpha value is -2.55. The van der Waals surface area contributed by atoms with E-state index in [2.05, 4.69) is 6.58 Å². The molecular weight excluding hydrogens is 405 g/mol. The summed E-state index contributed by atoms with van der Waals surface area (Å²) in [6.07, 6.45) is 10.4. The molecule has 0 nitrogen and oxygen atoms in total. The standard InChI is InChI=1S/C29H31F3/c1-3-5-7-19-8-10-20(11-9-19)21-12-14-22(15-13-21)25-18-24-17-16-23(6-4-2)27(30)26(24)29(32)28(25)31/h3,12-20H,1,4-11H2,2H3. The minimum Gasteiger partial charge on any atom is -0.206 e. The lowest BCUT2D eigenvalue weighted by atomic mass is 9.77. The Balaban J connectivity index is 1.58. The third kappa shape index (κ3) is 4.48. The second kappa shape index (κ2) is 9.94. The Bertz CT molecular complexity index is 1090. The van der Waals surface area contributed by atoms with E-state index < -0.39 is 17.5 Å². The molecule has 1 aliphatic carbocycles. The van der Waals surface area contributed by atoms with E-state index in [1.54, 1.807) is 18.2 Å². The van der Waals surface area contributed by atoms with E-state index in [9.17, 15) is 13.2 Å². The van der Waals surface area contributed by atoms with Gasteiger partial charge < -0.3 is 0 Å². The quantitative estimate of drug-likeness (QED) is 0.324. The van der Waals surface area contributed by atoms with Gasteiger partial charge in [0.25, 0.3) is 0 Å². The molecule has 0 heterocycles. The predicted octanol–water partition coefficient (Wildman–Crippen LogP) is 9.12. The summed E-state index contributed by atoms with van der Waals surface area (Å²) in [7, 11) is 0. The summed E-state index contributed by atoms with van der Waals surface area (Å²) in [5.41, 5.74) is 2.48. The van der Waals surface area contributed by atoms with E-state index in [1.165, 1.54) is 37.7 Å². The van der Waals surface area contributed by atoms with Gasteiger partial charge in [0.1, 0.15) is 5.82 Å². The Kier molecular flexibility index (Phi) is 7.03. The lowest BCUT2D eigenvalue weighted by Gasteiger charge is -2.28. The number of aryl methyl sites for hydroxylation is 1. The zero-order valence-corrected chi connectivity index (χ0v) is 18.8. The molecule has 3 aromatic carbocycles. The summed E-state index contributed by atoms with van der Waals surface area (Å²) >= 11 is 0. The molecule has 0 bridgehead atoms. The van der Waals surface area contributed by atoms with E-state index in [-0.39, 0.29) is 10.9 Å². The topological polar surface area (TPSA) is 0 Å². The Morgan fingerprint density at radius 1 is 0.906 bits per heavy atom. The van der Waals surface area contributed by atoms with Crippen LogP contribution >= 0.6 is 0 Å². The Labute approximate surface area is 189 Å². The average molecular weight is 437 g/mol. The first kappa shape index (κ1) is 22.6. The van der Waals surface area contributed by atoms with Crippen LogP contribution in [0.1, 0.15) is 68.9 Å². The van der Waals surface area contributed by atoms with Gasteiger partial charge in [0, 0.05) is 5.56 Å². The van der Waals surface area contributed by atoms with Crippen LogP contribution in [0.25, 0.3) is 21.9 Å². The SMILES string of the molecule is C=CCCC1CCC(c2ccc(-c3cc4ccc(CCC)c(F)c4c(F)c3F)cc2)CC1. The van der Waals surface area contributed by atoms with Gasteiger partial charge in [0.05, 0.1) is 5.39 Å². The zero-order valence-electron chi connectivity index (χ0n) is 18.8. The summed E-state index contributed by atoms with van der Waals surface area (Å²) in [6.45, 7) is 5.75. The first-order valence-corrected chi connectivity index (χ1v) is 11.8. The molecule has 0 radical (unpaired) electrons. The van der Waals surface area contributed by atoms with Gasteiger partial charge in [-0.3, -0.25) is 0 Å². The highest BCUT2D eigenvalue weighted by molar-refractivity contribution is 5.89. The van der Waals surface area contributed by atoms with Gasteiger partial charge in [-0.05, 0) is 84.9 Å². The van der Waals surface area contributed by atoms with Crippen molar-refractivity contribution in [3.63, 3.8) is 0 Å². The van der Waals surface area contributed by atoms with E-state index in [1.807, 2.05) is 37.3 Å². The van der Waals surface area contributed by atoms with Crippen molar-refractivity contribution in [1.82, 2.24) is 0 Å². The molecule has 32 heavy (non-hydrogen) atoms. The number of hydrogen-bond donors (Lipinski definition) is 0. The smallest absolute Gasteiger partial charge is 0.170 e. The summed E-state index contributed by atoms with van der Waals surface area (Å²) in [5, 5.41) is 0.139. The molecule has 3 aromatic rings. The first-order chi connectivity index (χ1) is 15.5. The summed E-state index contributed by atoms with van der Waals surface area (Å²) in [5.74, 6) is -1.42. The van der Waals surface area contributed by atoms with Crippen LogP contribution in [-0.4, -0.2) is 0 Å². The van der Waals surface area contributed by atoms with Crippen LogP contribution in [0.3, 0.4) is 0 Å². The fourth-order valence-electron chi connectivity index (χ4n) is 5.17. The van der Waals surface area contributed by atoms with Crippen molar-refractivity contribution in [2.75, 3.05) is 0 Å². The molecule has 4 rings (SSSR count). The molecule has 1 fully saturated rings. The van der Waals surface area contributed by atoms with Crippen molar-refractivity contribution in [1.29, 1.82) is 0 Å². The van der Waals surface area contributed by atoms with Gasteiger partial charge in [-0.25, -0.2) is 13.2 Å². The fourth-order valence-corrected chi connectivity index (χ4v) is 5.17. The van der Waals surface area contributed by atoms with E-state index >= 15 is 0 Å². The molecular formula is C29H31F3. The van der Waals surface area contributed by atoms with Gasteiger partial charge in [-0.15, -0.1) is 6.58 Å². The highest BCUT2D eigenvalue weighted by Crippen LogP contribution is 2.39.